The molecule has 0 unspecified atom stereocenters. The van der Waals surface area contributed by atoms with Crippen LogP contribution in [-0.2, 0) is 4.65 Å². The van der Waals surface area contributed by atoms with Gasteiger partial charge in [0.05, 0.1) is 6.10 Å². The van der Waals surface area contributed by atoms with E-state index in [9.17, 15) is 5.02 Å². The zero-order valence-corrected chi connectivity index (χ0v) is 7.83. The lowest BCUT2D eigenvalue weighted by Gasteiger charge is -2.07. The summed E-state index contributed by atoms with van der Waals surface area (Å²) in [6, 6.07) is 7.59. The molecule has 3 nitrogen and oxygen atoms in total. The van der Waals surface area contributed by atoms with Crippen molar-refractivity contribution < 1.29 is 9.68 Å². The standard InChI is InChI=1S/C8H10BNO2.ClH/c10-5-8-6-3-1-2-4-7(6)9(11)12-8;/h1-4,8,11H,5,10H2;1H/t8-;/m0./s1. The maximum atomic E-state index is 9.41. The molecule has 0 spiro atoms. The molecule has 1 heterocycles. The smallest absolute Gasteiger partial charge is 0.423 e. The third-order valence-corrected chi connectivity index (χ3v) is 2.12. The highest BCUT2D eigenvalue weighted by Gasteiger charge is 2.33. The molecule has 13 heavy (non-hydrogen) atoms. The van der Waals surface area contributed by atoms with Crippen LogP contribution in [0, 0.1) is 0 Å². The Morgan fingerprint density at radius 3 is 2.85 bits per heavy atom. The van der Waals surface area contributed by atoms with Crippen molar-refractivity contribution in [2.45, 2.75) is 6.10 Å². The highest BCUT2D eigenvalue weighted by Crippen LogP contribution is 2.21. The fourth-order valence-corrected chi connectivity index (χ4v) is 1.51. The Balaban J connectivity index is 0.000000845. The van der Waals surface area contributed by atoms with Crippen LogP contribution in [0.25, 0.3) is 0 Å². The van der Waals surface area contributed by atoms with Crippen LogP contribution in [0.1, 0.15) is 11.7 Å². The second-order valence-electron chi connectivity index (χ2n) is 2.84. The molecule has 0 aliphatic carbocycles. The van der Waals surface area contributed by atoms with Crippen LogP contribution in [0.3, 0.4) is 0 Å². The van der Waals surface area contributed by atoms with E-state index in [1.54, 1.807) is 0 Å². The van der Waals surface area contributed by atoms with Crippen molar-refractivity contribution in [3.05, 3.63) is 29.8 Å². The molecule has 1 aromatic carbocycles. The SMILES string of the molecule is Cl.NC[C@@H]1OB(O)c2ccccc21. The lowest BCUT2D eigenvalue weighted by Crippen LogP contribution is -2.27. The van der Waals surface area contributed by atoms with Gasteiger partial charge in [0.25, 0.3) is 0 Å². The average molecular weight is 199 g/mol. The van der Waals surface area contributed by atoms with Gasteiger partial charge in [0.15, 0.2) is 0 Å². The van der Waals surface area contributed by atoms with E-state index in [1.165, 1.54) is 0 Å². The number of nitrogens with two attached hydrogens (primary N) is 1. The Labute approximate surface area is 83.4 Å². The van der Waals surface area contributed by atoms with Crippen LogP contribution >= 0.6 is 12.4 Å². The quantitative estimate of drug-likeness (QED) is 0.617. The van der Waals surface area contributed by atoms with Gasteiger partial charge in [0.2, 0.25) is 0 Å². The summed E-state index contributed by atoms with van der Waals surface area (Å²) < 4.78 is 5.21. The summed E-state index contributed by atoms with van der Waals surface area (Å²) in [6.07, 6.45) is -0.142. The molecular weight excluding hydrogens is 188 g/mol. The Hall–Kier alpha value is -0.545. The van der Waals surface area contributed by atoms with Crippen molar-refractivity contribution in [3.8, 4) is 0 Å². The van der Waals surface area contributed by atoms with Crippen LogP contribution in [0.4, 0.5) is 0 Å². The van der Waals surface area contributed by atoms with Gasteiger partial charge in [-0.25, -0.2) is 0 Å². The van der Waals surface area contributed by atoms with E-state index in [2.05, 4.69) is 0 Å². The summed E-state index contributed by atoms with van der Waals surface area (Å²) in [5.41, 5.74) is 7.32. The molecule has 0 bridgehead atoms. The Bertz CT molecular complexity index is 297. The number of halogens is 1. The number of fused-ring (bicyclic) bond motifs is 1. The molecule has 0 saturated carbocycles. The van der Waals surface area contributed by atoms with Crippen LogP contribution in [0.15, 0.2) is 24.3 Å². The van der Waals surface area contributed by atoms with E-state index < -0.39 is 7.12 Å². The van der Waals surface area contributed by atoms with Crippen LogP contribution in [0.2, 0.25) is 0 Å². The van der Waals surface area contributed by atoms with Crippen LogP contribution in [0.5, 0.6) is 0 Å². The summed E-state index contributed by atoms with van der Waals surface area (Å²) in [6.45, 7) is 0.411. The third kappa shape index (κ3) is 1.71. The van der Waals surface area contributed by atoms with Gasteiger partial charge in [-0.05, 0) is 11.0 Å². The summed E-state index contributed by atoms with van der Waals surface area (Å²) in [4.78, 5) is 0. The number of hydrogen-bond donors (Lipinski definition) is 2. The molecule has 0 radical (unpaired) electrons. The minimum Gasteiger partial charge on any atom is -0.423 e. The third-order valence-electron chi connectivity index (χ3n) is 2.12. The summed E-state index contributed by atoms with van der Waals surface area (Å²) in [5.74, 6) is 0. The molecule has 1 atom stereocenters. The van der Waals surface area contributed by atoms with E-state index >= 15 is 0 Å². The molecule has 0 aromatic heterocycles. The molecule has 3 N–H and O–H groups in total. The fraction of sp³-hybridized carbons (Fsp3) is 0.250. The zero-order valence-electron chi connectivity index (χ0n) is 7.01. The minimum atomic E-state index is -0.797. The molecule has 5 heteroatoms. The van der Waals surface area contributed by atoms with Gasteiger partial charge < -0.3 is 15.4 Å². The molecule has 0 amide bonds. The van der Waals surface area contributed by atoms with Gasteiger partial charge >= 0.3 is 7.12 Å². The van der Waals surface area contributed by atoms with Gasteiger partial charge in [-0.15, -0.1) is 12.4 Å². The molecule has 1 aliphatic rings. The first-order valence-corrected chi connectivity index (χ1v) is 3.95. The molecule has 1 aliphatic heterocycles. The summed E-state index contributed by atoms with van der Waals surface area (Å²) in [5, 5.41) is 9.41. The van der Waals surface area contributed by atoms with Gasteiger partial charge in [-0.3, -0.25) is 0 Å². The van der Waals surface area contributed by atoms with Crippen LogP contribution in [-0.4, -0.2) is 18.7 Å². The Kier molecular flexibility index (Phi) is 3.33. The average Bonchev–Trinajstić information content (AvgIpc) is 2.44. The topological polar surface area (TPSA) is 55.5 Å². The lowest BCUT2D eigenvalue weighted by molar-refractivity contribution is 0.198. The van der Waals surface area contributed by atoms with Crippen molar-refractivity contribution in [1.29, 1.82) is 0 Å². The number of rotatable bonds is 1. The second-order valence-corrected chi connectivity index (χ2v) is 2.84. The number of benzene rings is 1. The van der Waals surface area contributed by atoms with Crippen molar-refractivity contribution >= 4 is 25.0 Å². The molecule has 0 saturated heterocycles. The first-order valence-electron chi connectivity index (χ1n) is 3.95. The normalized spacial score (nSPS) is 19.5. The van der Waals surface area contributed by atoms with Gasteiger partial charge in [-0.1, -0.05) is 24.3 Å². The van der Waals surface area contributed by atoms with Crippen molar-refractivity contribution in [1.82, 2.24) is 0 Å². The Morgan fingerprint density at radius 1 is 1.46 bits per heavy atom. The van der Waals surface area contributed by atoms with E-state index in [0.29, 0.717) is 6.54 Å². The molecule has 70 valence electrons. The molecule has 1 aromatic rings. The first kappa shape index (κ1) is 10.5. The predicted octanol–water partition coefficient (Wildman–Crippen LogP) is -0.174. The van der Waals surface area contributed by atoms with Crippen molar-refractivity contribution in [2.75, 3.05) is 6.54 Å². The maximum absolute atomic E-state index is 9.41. The Morgan fingerprint density at radius 2 is 2.15 bits per heavy atom. The second kappa shape index (κ2) is 4.11. The molecular formula is C8H11BClNO2. The first-order chi connectivity index (χ1) is 5.83. The van der Waals surface area contributed by atoms with Crippen molar-refractivity contribution in [2.24, 2.45) is 5.73 Å². The molecule has 2 rings (SSSR count). The fourth-order valence-electron chi connectivity index (χ4n) is 1.51. The van der Waals surface area contributed by atoms with Gasteiger partial charge in [-0.2, -0.15) is 0 Å². The summed E-state index contributed by atoms with van der Waals surface area (Å²) in [7, 11) is -0.797. The number of hydrogen-bond acceptors (Lipinski definition) is 3. The van der Waals surface area contributed by atoms with Crippen LogP contribution < -0.4 is 11.2 Å². The van der Waals surface area contributed by atoms with Gasteiger partial charge in [0.1, 0.15) is 0 Å². The zero-order chi connectivity index (χ0) is 8.55. The minimum absolute atomic E-state index is 0. The predicted molar refractivity (Wildman–Crippen MR) is 54.2 cm³/mol. The van der Waals surface area contributed by atoms with E-state index in [1.807, 2.05) is 24.3 Å². The van der Waals surface area contributed by atoms with E-state index in [0.717, 1.165) is 11.0 Å². The highest BCUT2D eigenvalue weighted by molar-refractivity contribution is 6.61. The van der Waals surface area contributed by atoms with Crippen molar-refractivity contribution in [3.63, 3.8) is 0 Å². The lowest BCUT2D eigenvalue weighted by atomic mass is 9.79. The monoisotopic (exact) mass is 199 g/mol. The maximum Gasteiger partial charge on any atom is 0.492 e. The largest absolute Gasteiger partial charge is 0.492 e. The van der Waals surface area contributed by atoms with E-state index in [4.69, 9.17) is 10.4 Å². The highest BCUT2D eigenvalue weighted by atomic mass is 35.5. The summed E-state index contributed by atoms with van der Waals surface area (Å²) >= 11 is 0. The van der Waals surface area contributed by atoms with Gasteiger partial charge in [0, 0.05) is 6.54 Å². The molecule has 0 fully saturated rings. The van der Waals surface area contributed by atoms with E-state index in [-0.39, 0.29) is 18.5 Å².